The third-order valence-corrected chi connectivity index (χ3v) is 7.09. The van der Waals surface area contributed by atoms with Gasteiger partial charge in [0.05, 0.1) is 39.5 Å². The smallest absolute Gasteiger partial charge is 0.244 e. The number of hydrogen-bond acceptors (Lipinski definition) is 9. The molecule has 1 aliphatic heterocycles. The molecule has 1 aliphatic rings. The summed E-state index contributed by atoms with van der Waals surface area (Å²) in [6.07, 6.45) is 8.42. The number of hydrogen-bond donors (Lipinski definition) is 1. The molecule has 1 N–H and O–H groups in total. The number of aromatic nitrogens is 4. The molecule has 1 fully saturated rings. The number of carbonyl (C=O) groups excluding carboxylic acids is 1. The zero-order valence-electron chi connectivity index (χ0n) is 21.8. The Balaban J connectivity index is 1.43. The van der Waals surface area contributed by atoms with Crippen molar-refractivity contribution in [3.05, 3.63) is 30.0 Å². The summed E-state index contributed by atoms with van der Waals surface area (Å²) in [7, 11) is 4.66. The topological polar surface area (TPSA) is 104 Å². The molecule has 0 unspecified atom stereocenters. The quantitative estimate of drug-likeness (QED) is 0.214. The van der Waals surface area contributed by atoms with Crippen LogP contribution in [0.15, 0.2) is 29.6 Å². The van der Waals surface area contributed by atoms with Crippen LogP contribution in [-0.4, -0.2) is 72.4 Å². The van der Waals surface area contributed by atoms with Crippen LogP contribution in [0.1, 0.15) is 31.7 Å². The van der Waals surface area contributed by atoms with Crippen LogP contribution in [0.2, 0.25) is 0 Å². The molecule has 0 atom stereocenters. The maximum absolute atomic E-state index is 12.5. The van der Waals surface area contributed by atoms with Crippen LogP contribution in [0.4, 0.5) is 5.82 Å². The first-order chi connectivity index (χ1) is 18.1. The Hall–Kier alpha value is -3.47. The summed E-state index contributed by atoms with van der Waals surface area (Å²) in [6.45, 7) is 5.07. The Bertz CT molecular complexity index is 1230. The number of rotatable bonds is 12. The third-order valence-electron chi connectivity index (χ3n) is 6.03. The highest BCUT2D eigenvalue weighted by atomic mass is 32.2. The molecular formula is C26H34N6O4S. The first-order valence-corrected chi connectivity index (χ1v) is 13.4. The van der Waals surface area contributed by atoms with E-state index in [1.807, 2.05) is 10.9 Å². The molecule has 37 heavy (non-hydrogen) atoms. The van der Waals surface area contributed by atoms with Gasteiger partial charge in [0.1, 0.15) is 5.82 Å². The van der Waals surface area contributed by atoms with E-state index in [2.05, 4.69) is 22.2 Å². The lowest BCUT2D eigenvalue weighted by molar-refractivity contribution is -0.116. The molecule has 1 aromatic carbocycles. The predicted octanol–water partition coefficient (Wildman–Crippen LogP) is 3.78. The van der Waals surface area contributed by atoms with Gasteiger partial charge in [0.15, 0.2) is 22.3 Å². The molecule has 0 saturated carbocycles. The summed E-state index contributed by atoms with van der Waals surface area (Å²) in [5.41, 5.74) is 1.56. The van der Waals surface area contributed by atoms with Gasteiger partial charge in [0.25, 0.3) is 0 Å². The Morgan fingerprint density at radius 3 is 2.49 bits per heavy atom. The van der Waals surface area contributed by atoms with Gasteiger partial charge in [-0.05, 0) is 43.0 Å². The molecular weight excluding hydrogens is 492 g/mol. The lowest BCUT2D eigenvalue weighted by Crippen LogP contribution is -2.26. The number of carbonyl (C=O) groups is 1. The lowest BCUT2D eigenvalue weighted by Gasteiger charge is -2.18. The largest absolute Gasteiger partial charge is 0.493 e. The zero-order chi connectivity index (χ0) is 26.2. The third kappa shape index (κ3) is 6.27. The van der Waals surface area contributed by atoms with Crippen molar-refractivity contribution in [2.45, 2.75) is 37.9 Å². The summed E-state index contributed by atoms with van der Waals surface area (Å²) in [5.74, 6) is 3.28. The van der Waals surface area contributed by atoms with Gasteiger partial charge in [-0.1, -0.05) is 18.7 Å². The van der Waals surface area contributed by atoms with E-state index in [0.717, 1.165) is 52.8 Å². The number of ether oxygens (including phenoxy) is 3. The average molecular weight is 527 g/mol. The molecule has 0 bridgehead atoms. The van der Waals surface area contributed by atoms with Crippen molar-refractivity contribution >= 4 is 40.6 Å². The molecule has 4 rings (SSSR count). The minimum atomic E-state index is -0.211. The van der Waals surface area contributed by atoms with Gasteiger partial charge in [0.2, 0.25) is 11.7 Å². The van der Waals surface area contributed by atoms with Crippen LogP contribution < -0.4 is 24.4 Å². The molecule has 1 amide bonds. The number of thioether (sulfide) groups is 1. The van der Waals surface area contributed by atoms with E-state index < -0.39 is 0 Å². The van der Waals surface area contributed by atoms with Gasteiger partial charge in [0, 0.05) is 31.5 Å². The Kier molecular flexibility index (Phi) is 9.10. The first kappa shape index (κ1) is 26.6. The molecule has 10 nitrogen and oxygen atoms in total. The van der Waals surface area contributed by atoms with E-state index in [1.165, 1.54) is 18.9 Å². The maximum Gasteiger partial charge on any atom is 0.244 e. The summed E-state index contributed by atoms with van der Waals surface area (Å²) < 4.78 is 17.9. The molecule has 3 heterocycles. The van der Waals surface area contributed by atoms with Crippen LogP contribution in [0.5, 0.6) is 17.2 Å². The zero-order valence-corrected chi connectivity index (χ0v) is 22.6. The van der Waals surface area contributed by atoms with Crippen molar-refractivity contribution in [3.63, 3.8) is 0 Å². The molecule has 0 spiro atoms. The number of amides is 1. The van der Waals surface area contributed by atoms with Gasteiger partial charge in [-0.3, -0.25) is 4.79 Å². The van der Waals surface area contributed by atoms with Crippen molar-refractivity contribution in [1.82, 2.24) is 25.1 Å². The SMILES string of the molecule is CCCSc1nc(N2CCCC2)c2cnn(CCNC(=O)/C=C\c3cc(OC)c(OC)c(OC)c3)c2n1. The first-order valence-electron chi connectivity index (χ1n) is 12.4. The molecule has 1 saturated heterocycles. The second-order valence-electron chi connectivity index (χ2n) is 8.56. The van der Waals surface area contributed by atoms with Crippen LogP contribution in [-0.2, 0) is 11.3 Å². The van der Waals surface area contributed by atoms with Gasteiger partial charge in [-0.2, -0.15) is 5.10 Å². The second kappa shape index (κ2) is 12.7. The molecule has 2 aromatic heterocycles. The minimum absolute atomic E-state index is 0.211. The number of anilines is 1. The number of nitrogens with one attached hydrogen (secondary N) is 1. The van der Waals surface area contributed by atoms with E-state index in [1.54, 1.807) is 51.3 Å². The standard InChI is InChI=1S/C26H34N6O4S/c1-5-14-37-26-29-24(31-11-6-7-12-31)19-17-28-32(25(19)30-26)13-10-27-22(33)9-8-18-15-20(34-2)23(36-4)21(16-18)35-3/h8-9,15-17H,5-7,10-14H2,1-4H3,(H,27,33)/b9-8-. The summed E-state index contributed by atoms with van der Waals surface area (Å²) in [4.78, 5) is 24.5. The Labute approximate surface area is 221 Å². The highest BCUT2D eigenvalue weighted by Crippen LogP contribution is 2.38. The fraction of sp³-hybridized carbons (Fsp3) is 0.462. The maximum atomic E-state index is 12.5. The van der Waals surface area contributed by atoms with Crippen LogP contribution in [0.3, 0.4) is 0 Å². The van der Waals surface area contributed by atoms with E-state index in [0.29, 0.717) is 30.3 Å². The Morgan fingerprint density at radius 1 is 1.11 bits per heavy atom. The molecule has 198 valence electrons. The highest BCUT2D eigenvalue weighted by molar-refractivity contribution is 7.99. The second-order valence-corrected chi connectivity index (χ2v) is 9.62. The van der Waals surface area contributed by atoms with Gasteiger partial charge in [-0.15, -0.1) is 0 Å². The van der Waals surface area contributed by atoms with Crippen molar-refractivity contribution in [2.75, 3.05) is 51.6 Å². The van der Waals surface area contributed by atoms with Crippen molar-refractivity contribution in [2.24, 2.45) is 0 Å². The van der Waals surface area contributed by atoms with Crippen molar-refractivity contribution in [3.8, 4) is 17.2 Å². The Morgan fingerprint density at radius 2 is 1.84 bits per heavy atom. The van der Waals surface area contributed by atoms with Crippen LogP contribution >= 0.6 is 11.8 Å². The van der Waals surface area contributed by atoms with Crippen molar-refractivity contribution in [1.29, 1.82) is 0 Å². The van der Waals surface area contributed by atoms with Gasteiger partial charge >= 0.3 is 0 Å². The van der Waals surface area contributed by atoms with Gasteiger partial charge in [-0.25, -0.2) is 14.6 Å². The molecule has 3 aromatic rings. The average Bonchev–Trinajstić information content (AvgIpc) is 3.60. The number of benzene rings is 1. The summed E-state index contributed by atoms with van der Waals surface area (Å²) >= 11 is 1.67. The van der Waals surface area contributed by atoms with Gasteiger partial charge < -0.3 is 24.4 Å². The van der Waals surface area contributed by atoms with Crippen LogP contribution in [0.25, 0.3) is 17.1 Å². The fourth-order valence-corrected chi connectivity index (χ4v) is 4.91. The highest BCUT2D eigenvalue weighted by Gasteiger charge is 2.21. The summed E-state index contributed by atoms with van der Waals surface area (Å²) in [6, 6.07) is 3.57. The van der Waals surface area contributed by atoms with E-state index in [-0.39, 0.29) is 5.91 Å². The predicted molar refractivity (Wildman–Crippen MR) is 146 cm³/mol. The number of fused-ring (bicyclic) bond motifs is 1. The van der Waals surface area contributed by atoms with Crippen LogP contribution in [0, 0.1) is 0 Å². The number of methoxy groups -OCH3 is 3. The summed E-state index contributed by atoms with van der Waals surface area (Å²) in [5, 5.41) is 9.21. The molecule has 0 aliphatic carbocycles. The monoisotopic (exact) mass is 526 g/mol. The number of nitrogens with zero attached hydrogens (tertiary/aromatic N) is 5. The van der Waals surface area contributed by atoms with E-state index in [4.69, 9.17) is 24.2 Å². The van der Waals surface area contributed by atoms with E-state index >= 15 is 0 Å². The molecule has 11 heteroatoms. The lowest BCUT2D eigenvalue weighted by atomic mass is 10.1. The minimum Gasteiger partial charge on any atom is -0.493 e. The normalized spacial score (nSPS) is 13.5. The van der Waals surface area contributed by atoms with Crippen molar-refractivity contribution < 1.29 is 19.0 Å². The molecule has 0 radical (unpaired) electrons. The fourth-order valence-electron chi connectivity index (χ4n) is 4.23. The van der Waals surface area contributed by atoms with E-state index in [9.17, 15) is 4.79 Å².